The summed E-state index contributed by atoms with van der Waals surface area (Å²) in [6.07, 6.45) is -8.67. The molecule has 0 unspecified atom stereocenters. The summed E-state index contributed by atoms with van der Waals surface area (Å²) in [4.78, 5) is 10.9. The highest BCUT2D eigenvalue weighted by Gasteiger charge is 2.98. The summed E-state index contributed by atoms with van der Waals surface area (Å²) in [6.45, 7) is -0.159. The van der Waals surface area contributed by atoms with Crippen LogP contribution < -0.4 is 0 Å². The van der Waals surface area contributed by atoms with E-state index in [0.29, 0.717) is 0 Å². The predicted octanol–water partition coefficient (Wildman–Crippen LogP) is 7.61. The molecule has 38 heavy (non-hydrogen) atoms. The van der Waals surface area contributed by atoms with Crippen molar-refractivity contribution in [2.75, 3.05) is 6.61 Å². The highest BCUT2D eigenvalue weighted by Crippen LogP contribution is 2.66. The van der Waals surface area contributed by atoms with Gasteiger partial charge in [-0.15, -0.1) is 0 Å². The van der Waals surface area contributed by atoms with E-state index < -0.39 is 78.5 Å². The Balaban J connectivity index is 6.95. The average molecular weight is 620 g/mol. The minimum atomic E-state index is -9.25. The van der Waals surface area contributed by atoms with E-state index in [1.54, 1.807) is 0 Å². The summed E-state index contributed by atoms with van der Waals surface area (Å²) in [6, 6.07) is 0. The van der Waals surface area contributed by atoms with Crippen LogP contribution in [0.4, 0.5) is 92.2 Å². The van der Waals surface area contributed by atoms with Crippen LogP contribution in [0.2, 0.25) is 0 Å². The molecule has 0 saturated heterocycles. The van der Waals surface area contributed by atoms with Crippen molar-refractivity contribution < 1.29 is 102 Å². The maximum atomic E-state index is 13.6. The molecule has 0 aliphatic carbocycles. The molecule has 0 spiro atoms. The first kappa shape index (κ1) is 36.0. The molecule has 0 aromatic carbocycles. The maximum Gasteiger partial charge on any atom is 0.460 e. The lowest BCUT2D eigenvalue weighted by atomic mass is 9.86. The van der Waals surface area contributed by atoms with Crippen molar-refractivity contribution in [3.05, 3.63) is 0 Å². The summed E-state index contributed by atoms with van der Waals surface area (Å²) in [5.74, 6) is -82.6. The number of hydrogen-bond donors (Lipinski definition) is 0. The minimum Gasteiger partial charge on any atom is -0.461 e. The average Bonchev–Trinajstić information content (AvgIpc) is 2.71. The number of hydrogen-bond acceptors (Lipinski definition) is 2. The fourth-order valence-electron chi connectivity index (χ4n) is 2.09. The van der Waals surface area contributed by atoms with Crippen molar-refractivity contribution in [3.63, 3.8) is 0 Å². The Hall–Kier alpha value is -2.00. The predicted molar refractivity (Wildman–Crippen MR) is 76.4 cm³/mol. The molecule has 228 valence electrons. The summed E-state index contributed by atoms with van der Waals surface area (Å²) in [5, 5.41) is 0. The van der Waals surface area contributed by atoms with Gasteiger partial charge in [0.25, 0.3) is 0 Å². The molecule has 0 N–H and O–H groups in total. The standard InChI is InChI=1S/C15H9F21O2/c1-2-3-4-38-5(37)6(16,17)7(18,19)8(20,21)9(22,23)10(24,25)11(26,27)12(28,29)13(30,31)14(32,33)15(34,35)36/h2-4H2,1H3. The van der Waals surface area contributed by atoms with Crippen LogP contribution in [-0.2, 0) is 9.53 Å². The Labute approximate surface area is 195 Å². The van der Waals surface area contributed by atoms with Gasteiger partial charge in [-0.3, -0.25) is 0 Å². The van der Waals surface area contributed by atoms with Gasteiger partial charge in [-0.2, -0.15) is 92.2 Å². The van der Waals surface area contributed by atoms with Crippen LogP contribution in [0.1, 0.15) is 19.8 Å². The number of alkyl halides is 21. The van der Waals surface area contributed by atoms with Gasteiger partial charge in [-0.25, -0.2) is 4.79 Å². The van der Waals surface area contributed by atoms with Gasteiger partial charge in [0.1, 0.15) is 0 Å². The number of halogens is 21. The Bertz CT molecular complexity index is 855. The first-order valence-corrected chi connectivity index (χ1v) is 8.87. The zero-order chi connectivity index (χ0) is 31.4. The number of carbonyl (C=O) groups excluding carboxylic acids is 1. The minimum absolute atomic E-state index is 0.114. The van der Waals surface area contributed by atoms with E-state index in [9.17, 15) is 97.0 Å². The Morgan fingerprint density at radius 2 is 0.737 bits per heavy atom. The lowest BCUT2D eigenvalue weighted by Crippen LogP contribution is -2.77. The number of esters is 1. The fraction of sp³-hybridized carbons (Fsp3) is 0.933. The monoisotopic (exact) mass is 620 g/mol. The molecule has 0 aromatic rings. The van der Waals surface area contributed by atoms with Crippen LogP contribution in [0.15, 0.2) is 0 Å². The van der Waals surface area contributed by atoms with Crippen LogP contribution in [0.5, 0.6) is 0 Å². The first-order valence-electron chi connectivity index (χ1n) is 8.87. The van der Waals surface area contributed by atoms with Gasteiger partial charge in [0, 0.05) is 0 Å². The molecule has 0 heterocycles. The van der Waals surface area contributed by atoms with Gasteiger partial charge >= 0.3 is 65.4 Å². The van der Waals surface area contributed by atoms with Gasteiger partial charge in [0.05, 0.1) is 6.61 Å². The normalized spacial score (nSPS) is 16.1. The molecule has 0 atom stereocenters. The fourth-order valence-corrected chi connectivity index (χ4v) is 2.09. The molecule has 0 saturated carbocycles. The molecule has 0 rings (SSSR count). The molecule has 23 heteroatoms. The van der Waals surface area contributed by atoms with E-state index >= 15 is 0 Å². The van der Waals surface area contributed by atoms with E-state index in [1.165, 1.54) is 6.92 Å². The zero-order valence-corrected chi connectivity index (χ0v) is 17.4. The first-order chi connectivity index (χ1) is 16.2. The third-order valence-corrected chi connectivity index (χ3v) is 4.50. The molecule has 0 fully saturated rings. The SMILES string of the molecule is CCCCOC(=O)C(F)(F)C(F)(F)C(F)(F)C(F)(F)C(F)(F)C(F)(F)C(F)(F)C(F)(F)C(F)(F)C(F)(F)F. The lowest BCUT2D eigenvalue weighted by molar-refractivity contribution is -0.473. The van der Waals surface area contributed by atoms with Crippen LogP contribution in [0, 0.1) is 0 Å². The van der Waals surface area contributed by atoms with E-state index in [4.69, 9.17) is 0 Å². The number of carbonyl (C=O) groups is 1. The van der Waals surface area contributed by atoms with Crippen molar-refractivity contribution in [2.24, 2.45) is 0 Å². The zero-order valence-electron chi connectivity index (χ0n) is 17.4. The third-order valence-electron chi connectivity index (χ3n) is 4.50. The summed E-state index contributed by atoms with van der Waals surface area (Å²) in [7, 11) is 0. The van der Waals surface area contributed by atoms with E-state index in [-0.39, 0.29) is 6.42 Å². The summed E-state index contributed by atoms with van der Waals surface area (Å²) >= 11 is 0. The van der Waals surface area contributed by atoms with Gasteiger partial charge in [0.2, 0.25) is 0 Å². The Kier molecular flexibility index (Phi) is 9.07. The van der Waals surface area contributed by atoms with Gasteiger partial charge < -0.3 is 4.74 Å². The second-order valence-corrected chi connectivity index (χ2v) is 7.16. The van der Waals surface area contributed by atoms with Gasteiger partial charge in [-0.1, -0.05) is 13.3 Å². The number of rotatable bonds is 12. The topological polar surface area (TPSA) is 26.3 Å². The third kappa shape index (κ3) is 4.57. The van der Waals surface area contributed by atoms with Crippen molar-refractivity contribution in [1.82, 2.24) is 0 Å². The molecule has 0 aliphatic rings. The largest absolute Gasteiger partial charge is 0.461 e. The van der Waals surface area contributed by atoms with Gasteiger partial charge in [-0.05, 0) is 6.42 Å². The van der Waals surface area contributed by atoms with Crippen molar-refractivity contribution in [1.29, 1.82) is 0 Å². The van der Waals surface area contributed by atoms with Crippen molar-refractivity contribution in [3.8, 4) is 0 Å². The second kappa shape index (κ2) is 9.58. The molecule has 0 aromatic heterocycles. The number of ether oxygens (including phenoxy) is 1. The van der Waals surface area contributed by atoms with E-state index in [1.807, 2.05) is 0 Å². The van der Waals surface area contributed by atoms with Gasteiger partial charge in [0.15, 0.2) is 0 Å². The summed E-state index contributed by atoms with van der Waals surface area (Å²) in [5.41, 5.74) is 0. The number of unbranched alkanes of at least 4 members (excludes halogenated alkanes) is 1. The smallest absolute Gasteiger partial charge is 0.460 e. The summed E-state index contributed by atoms with van der Waals surface area (Å²) < 4.78 is 280. The van der Waals surface area contributed by atoms with Crippen molar-refractivity contribution in [2.45, 2.75) is 79.2 Å². The maximum absolute atomic E-state index is 13.6. The van der Waals surface area contributed by atoms with Crippen LogP contribution in [0.25, 0.3) is 0 Å². The quantitative estimate of drug-likeness (QED) is 0.128. The molecule has 0 amide bonds. The van der Waals surface area contributed by atoms with E-state index in [0.717, 1.165) is 0 Å². The Morgan fingerprint density at radius 1 is 0.474 bits per heavy atom. The van der Waals surface area contributed by atoms with Crippen molar-refractivity contribution >= 4 is 5.97 Å². The lowest BCUT2D eigenvalue weighted by Gasteiger charge is -2.44. The Morgan fingerprint density at radius 3 is 1.00 bits per heavy atom. The highest BCUT2D eigenvalue weighted by atomic mass is 19.4. The molecule has 2 nitrogen and oxygen atoms in total. The molecule has 0 bridgehead atoms. The van der Waals surface area contributed by atoms with Crippen LogP contribution in [0.3, 0.4) is 0 Å². The van der Waals surface area contributed by atoms with Crippen LogP contribution >= 0.6 is 0 Å². The molecule has 0 radical (unpaired) electrons. The molecular weight excluding hydrogens is 611 g/mol. The molecular formula is C15H9F21O2. The highest BCUT2D eigenvalue weighted by molar-refractivity contribution is 5.79. The molecule has 0 aliphatic heterocycles. The van der Waals surface area contributed by atoms with E-state index in [2.05, 4.69) is 4.74 Å². The van der Waals surface area contributed by atoms with Crippen LogP contribution in [-0.4, -0.2) is 72.1 Å². The second-order valence-electron chi connectivity index (χ2n) is 7.16.